The van der Waals surface area contributed by atoms with Gasteiger partial charge in [-0.25, -0.2) is 0 Å². The van der Waals surface area contributed by atoms with Gasteiger partial charge in [0, 0.05) is 6.04 Å². The van der Waals surface area contributed by atoms with Crippen LogP contribution >= 0.6 is 0 Å². The van der Waals surface area contributed by atoms with E-state index in [0.717, 1.165) is 17.7 Å². The van der Waals surface area contributed by atoms with Gasteiger partial charge in [0.2, 0.25) is 0 Å². The zero-order chi connectivity index (χ0) is 14.3. The summed E-state index contributed by atoms with van der Waals surface area (Å²) in [6, 6.07) is 7.83. The molecule has 0 amide bonds. The monoisotopic (exact) mass is 265 g/mol. The van der Waals surface area contributed by atoms with Crippen LogP contribution in [0.3, 0.4) is 0 Å². The van der Waals surface area contributed by atoms with Crippen molar-refractivity contribution in [1.29, 1.82) is 0 Å². The van der Waals surface area contributed by atoms with E-state index in [1.165, 1.54) is 7.11 Å². The summed E-state index contributed by atoms with van der Waals surface area (Å²) in [5, 5.41) is 3.29. The van der Waals surface area contributed by atoms with Crippen molar-refractivity contribution in [2.24, 2.45) is 0 Å². The number of hydrogen-bond acceptors (Lipinski definition) is 4. The van der Waals surface area contributed by atoms with Gasteiger partial charge >= 0.3 is 5.97 Å². The fourth-order valence-corrected chi connectivity index (χ4v) is 2.10. The van der Waals surface area contributed by atoms with E-state index in [2.05, 4.69) is 12.2 Å². The fourth-order valence-electron chi connectivity index (χ4n) is 2.10. The Morgan fingerprint density at radius 1 is 1.32 bits per heavy atom. The highest BCUT2D eigenvalue weighted by atomic mass is 16.5. The van der Waals surface area contributed by atoms with E-state index in [1.807, 2.05) is 31.2 Å². The number of nitrogens with one attached hydrogen (secondary N) is 1. The van der Waals surface area contributed by atoms with Crippen molar-refractivity contribution in [2.45, 2.75) is 38.8 Å². The van der Waals surface area contributed by atoms with E-state index in [4.69, 9.17) is 9.47 Å². The van der Waals surface area contributed by atoms with Crippen LogP contribution in [-0.4, -0.2) is 32.3 Å². The van der Waals surface area contributed by atoms with Crippen LogP contribution in [0.2, 0.25) is 0 Å². The number of rotatable bonds is 7. The summed E-state index contributed by atoms with van der Waals surface area (Å²) in [6.45, 7) is 4.02. The topological polar surface area (TPSA) is 47.6 Å². The molecule has 0 saturated carbocycles. The predicted octanol–water partition coefficient (Wildman–Crippen LogP) is 2.17. The van der Waals surface area contributed by atoms with Crippen LogP contribution in [0, 0.1) is 0 Å². The normalized spacial score (nSPS) is 13.7. The lowest BCUT2D eigenvalue weighted by atomic mass is 10.0. The molecule has 4 heteroatoms. The van der Waals surface area contributed by atoms with E-state index in [1.54, 1.807) is 7.11 Å². The van der Waals surface area contributed by atoms with Crippen molar-refractivity contribution >= 4 is 5.97 Å². The predicted molar refractivity (Wildman–Crippen MR) is 75.4 cm³/mol. The van der Waals surface area contributed by atoms with E-state index in [0.29, 0.717) is 6.42 Å². The van der Waals surface area contributed by atoms with Gasteiger partial charge in [-0.05, 0) is 31.4 Å². The molecule has 0 aromatic heterocycles. The molecule has 4 nitrogen and oxygen atoms in total. The second-order valence-corrected chi connectivity index (χ2v) is 4.57. The van der Waals surface area contributed by atoms with E-state index < -0.39 is 0 Å². The van der Waals surface area contributed by atoms with Gasteiger partial charge in [-0.1, -0.05) is 25.1 Å². The van der Waals surface area contributed by atoms with E-state index in [9.17, 15) is 4.79 Å². The van der Waals surface area contributed by atoms with Crippen LogP contribution in [0.25, 0.3) is 0 Å². The second kappa shape index (κ2) is 7.79. The number of carbonyl (C=O) groups excluding carboxylic acids is 1. The largest absolute Gasteiger partial charge is 0.496 e. The van der Waals surface area contributed by atoms with Gasteiger partial charge in [-0.3, -0.25) is 4.79 Å². The molecular weight excluding hydrogens is 242 g/mol. The summed E-state index contributed by atoms with van der Waals surface area (Å²) in [4.78, 5) is 11.5. The standard InChI is InChI=1S/C15H23NO3/c1-5-13(15(17)19-4)16-11(2)10-12-8-6-7-9-14(12)18-3/h6-9,11,13,16H,5,10H2,1-4H3. The molecule has 0 heterocycles. The Morgan fingerprint density at radius 2 is 2.00 bits per heavy atom. The van der Waals surface area contributed by atoms with Crippen molar-refractivity contribution < 1.29 is 14.3 Å². The minimum absolute atomic E-state index is 0.167. The molecule has 19 heavy (non-hydrogen) atoms. The van der Waals surface area contributed by atoms with Gasteiger partial charge in [0.1, 0.15) is 11.8 Å². The molecule has 0 aliphatic heterocycles. The molecule has 0 bridgehead atoms. The SMILES string of the molecule is CCC(NC(C)Cc1ccccc1OC)C(=O)OC. The number of carbonyl (C=O) groups is 1. The molecule has 0 spiro atoms. The quantitative estimate of drug-likeness (QED) is 0.768. The highest BCUT2D eigenvalue weighted by molar-refractivity contribution is 5.75. The van der Waals surface area contributed by atoms with Gasteiger partial charge in [-0.2, -0.15) is 0 Å². The lowest BCUT2D eigenvalue weighted by Crippen LogP contribution is -2.43. The lowest BCUT2D eigenvalue weighted by Gasteiger charge is -2.21. The first-order chi connectivity index (χ1) is 9.12. The van der Waals surface area contributed by atoms with Crippen LogP contribution in [0.5, 0.6) is 5.75 Å². The van der Waals surface area contributed by atoms with E-state index >= 15 is 0 Å². The number of methoxy groups -OCH3 is 2. The Hall–Kier alpha value is -1.55. The maximum Gasteiger partial charge on any atom is 0.322 e. The van der Waals surface area contributed by atoms with Gasteiger partial charge in [-0.15, -0.1) is 0 Å². The number of benzene rings is 1. The second-order valence-electron chi connectivity index (χ2n) is 4.57. The van der Waals surface area contributed by atoms with Crippen LogP contribution in [0.15, 0.2) is 24.3 Å². The van der Waals surface area contributed by atoms with Gasteiger partial charge in [0.25, 0.3) is 0 Å². The first-order valence-corrected chi connectivity index (χ1v) is 6.58. The van der Waals surface area contributed by atoms with Crippen LogP contribution in [0.1, 0.15) is 25.8 Å². The molecule has 0 aliphatic rings. The first kappa shape index (κ1) is 15.5. The molecule has 0 fully saturated rings. The highest BCUT2D eigenvalue weighted by Gasteiger charge is 2.19. The number of hydrogen-bond donors (Lipinski definition) is 1. The Kier molecular flexibility index (Phi) is 6.36. The molecule has 2 atom stereocenters. The number of ether oxygens (including phenoxy) is 2. The molecule has 1 N–H and O–H groups in total. The maximum atomic E-state index is 11.5. The van der Waals surface area contributed by atoms with E-state index in [-0.39, 0.29) is 18.1 Å². The third kappa shape index (κ3) is 4.56. The minimum Gasteiger partial charge on any atom is -0.496 e. The molecule has 0 saturated heterocycles. The molecule has 2 unspecified atom stereocenters. The Labute approximate surface area is 115 Å². The number of esters is 1. The van der Waals surface area contributed by atoms with Crippen molar-refractivity contribution in [3.63, 3.8) is 0 Å². The molecule has 106 valence electrons. The average molecular weight is 265 g/mol. The average Bonchev–Trinajstić information content (AvgIpc) is 2.44. The smallest absolute Gasteiger partial charge is 0.322 e. The third-order valence-corrected chi connectivity index (χ3v) is 3.10. The summed E-state index contributed by atoms with van der Waals surface area (Å²) in [6.07, 6.45) is 1.51. The summed E-state index contributed by atoms with van der Waals surface area (Å²) in [7, 11) is 3.08. The fraction of sp³-hybridized carbons (Fsp3) is 0.533. The van der Waals surface area contributed by atoms with Crippen LogP contribution in [0.4, 0.5) is 0 Å². The Bertz CT molecular complexity index is 406. The molecule has 1 aromatic carbocycles. The highest BCUT2D eigenvalue weighted by Crippen LogP contribution is 2.19. The summed E-state index contributed by atoms with van der Waals surface area (Å²) in [5.74, 6) is 0.664. The molecule has 0 radical (unpaired) electrons. The molecule has 1 rings (SSSR count). The molecule has 0 aliphatic carbocycles. The Balaban J connectivity index is 2.63. The molecule has 1 aromatic rings. The van der Waals surface area contributed by atoms with Crippen molar-refractivity contribution in [2.75, 3.05) is 14.2 Å². The summed E-state index contributed by atoms with van der Waals surface area (Å²) >= 11 is 0. The third-order valence-electron chi connectivity index (χ3n) is 3.10. The molecular formula is C15H23NO3. The summed E-state index contributed by atoms with van der Waals surface area (Å²) < 4.78 is 10.1. The van der Waals surface area contributed by atoms with Crippen LogP contribution in [-0.2, 0) is 16.0 Å². The van der Waals surface area contributed by atoms with Crippen molar-refractivity contribution in [1.82, 2.24) is 5.32 Å². The van der Waals surface area contributed by atoms with Gasteiger partial charge in [0.05, 0.1) is 14.2 Å². The maximum absolute atomic E-state index is 11.5. The lowest BCUT2D eigenvalue weighted by molar-refractivity contribution is -0.143. The first-order valence-electron chi connectivity index (χ1n) is 6.58. The zero-order valence-corrected chi connectivity index (χ0v) is 12.1. The van der Waals surface area contributed by atoms with Crippen molar-refractivity contribution in [3.8, 4) is 5.75 Å². The van der Waals surface area contributed by atoms with Crippen LogP contribution < -0.4 is 10.1 Å². The van der Waals surface area contributed by atoms with Gasteiger partial charge in [0.15, 0.2) is 0 Å². The minimum atomic E-state index is -0.255. The van der Waals surface area contributed by atoms with Crippen molar-refractivity contribution in [3.05, 3.63) is 29.8 Å². The Morgan fingerprint density at radius 3 is 2.58 bits per heavy atom. The summed E-state index contributed by atoms with van der Waals surface area (Å²) in [5.41, 5.74) is 1.13. The van der Waals surface area contributed by atoms with Gasteiger partial charge < -0.3 is 14.8 Å². The zero-order valence-electron chi connectivity index (χ0n) is 12.1. The number of para-hydroxylation sites is 1.